The molecular formula is C27H35N3O4. The fourth-order valence-electron chi connectivity index (χ4n) is 4.26. The third kappa shape index (κ3) is 7.07. The van der Waals surface area contributed by atoms with Crippen LogP contribution in [0.15, 0.2) is 54.6 Å². The maximum absolute atomic E-state index is 12.9. The number of nitrogens with zero attached hydrogens (tertiary/aromatic N) is 1. The van der Waals surface area contributed by atoms with Crippen molar-refractivity contribution in [2.75, 3.05) is 26.7 Å². The van der Waals surface area contributed by atoms with Gasteiger partial charge >= 0.3 is 0 Å². The van der Waals surface area contributed by atoms with Crippen LogP contribution in [-0.2, 0) is 16.0 Å². The highest BCUT2D eigenvalue weighted by atomic mass is 16.5. The zero-order chi connectivity index (χ0) is 24.3. The molecule has 2 aromatic carbocycles. The fourth-order valence-corrected chi connectivity index (χ4v) is 4.26. The van der Waals surface area contributed by atoms with Gasteiger partial charge < -0.3 is 20.3 Å². The molecule has 1 aliphatic heterocycles. The Labute approximate surface area is 201 Å². The molecule has 0 bridgehead atoms. The van der Waals surface area contributed by atoms with Gasteiger partial charge in [0.15, 0.2) is 0 Å². The van der Waals surface area contributed by atoms with Crippen LogP contribution in [0.5, 0.6) is 5.75 Å². The second-order valence-corrected chi connectivity index (χ2v) is 8.67. The molecule has 34 heavy (non-hydrogen) atoms. The summed E-state index contributed by atoms with van der Waals surface area (Å²) in [5, 5.41) is 5.87. The molecule has 0 radical (unpaired) electrons. The summed E-state index contributed by atoms with van der Waals surface area (Å²) in [4.78, 5) is 40.4. The van der Waals surface area contributed by atoms with Crippen LogP contribution in [0.25, 0.3) is 0 Å². The molecule has 3 rings (SSSR count). The molecule has 0 spiro atoms. The van der Waals surface area contributed by atoms with E-state index in [2.05, 4.69) is 10.6 Å². The van der Waals surface area contributed by atoms with Gasteiger partial charge in [0.25, 0.3) is 5.91 Å². The van der Waals surface area contributed by atoms with Crippen molar-refractivity contribution < 1.29 is 19.1 Å². The van der Waals surface area contributed by atoms with E-state index in [1.807, 2.05) is 42.2 Å². The van der Waals surface area contributed by atoms with Gasteiger partial charge in [-0.25, -0.2) is 0 Å². The lowest BCUT2D eigenvalue weighted by Gasteiger charge is -2.36. The number of hydrogen-bond donors (Lipinski definition) is 2. The van der Waals surface area contributed by atoms with Gasteiger partial charge in [-0.3, -0.25) is 14.4 Å². The van der Waals surface area contributed by atoms with Gasteiger partial charge in [-0.15, -0.1) is 0 Å². The molecule has 1 heterocycles. The highest BCUT2D eigenvalue weighted by Crippen LogP contribution is 2.23. The number of likely N-dealkylation sites (tertiary alicyclic amines) is 1. The molecule has 1 saturated heterocycles. The lowest BCUT2D eigenvalue weighted by Crippen LogP contribution is -2.54. The lowest BCUT2D eigenvalue weighted by atomic mass is 9.88. The van der Waals surface area contributed by atoms with E-state index < -0.39 is 6.04 Å². The van der Waals surface area contributed by atoms with Crippen molar-refractivity contribution in [2.45, 2.75) is 45.1 Å². The number of ether oxygens (including phenoxy) is 1. The Morgan fingerprint density at radius 2 is 1.71 bits per heavy atom. The summed E-state index contributed by atoms with van der Waals surface area (Å²) in [6.45, 7) is 3.73. The number of rotatable bonds is 10. The van der Waals surface area contributed by atoms with E-state index in [0.29, 0.717) is 50.2 Å². The van der Waals surface area contributed by atoms with Crippen molar-refractivity contribution in [1.82, 2.24) is 15.5 Å². The second-order valence-electron chi connectivity index (χ2n) is 8.67. The Hall–Kier alpha value is -3.35. The summed E-state index contributed by atoms with van der Waals surface area (Å²) in [7, 11) is 1.57. The monoisotopic (exact) mass is 465 g/mol. The molecular weight excluding hydrogens is 430 g/mol. The number of aryl methyl sites for hydroxylation is 1. The third-order valence-electron chi connectivity index (χ3n) is 6.30. The first-order chi connectivity index (χ1) is 16.5. The molecule has 2 N–H and O–H groups in total. The number of methoxy groups -OCH3 is 1. The molecule has 7 nitrogen and oxygen atoms in total. The summed E-state index contributed by atoms with van der Waals surface area (Å²) in [5.74, 6) is 0.310. The van der Waals surface area contributed by atoms with Gasteiger partial charge in [-0.1, -0.05) is 37.3 Å². The average molecular weight is 466 g/mol. The molecule has 182 valence electrons. The first-order valence-corrected chi connectivity index (χ1v) is 12.1. The van der Waals surface area contributed by atoms with Crippen molar-refractivity contribution >= 4 is 17.7 Å². The number of carbonyl (C=O) groups is 3. The van der Waals surface area contributed by atoms with Gasteiger partial charge in [0.05, 0.1) is 7.11 Å². The predicted octanol–water partition coefficient (Wildman–Crippen LogP) is 3.19. The zero-order valence-corrected chi connectivity index (χ0v) is 20.1. The molecule has 2 aromatic rings. The molecule has 1 aliphatic rings. The number of benzene rings is 2. The molecule has 1 fully saturated rings. The lowest BCUT2D eigenvalue weighted by molar-refractivity contribution is -0.133. The van der Waals surface area contributed by atoms with Crippen LogP contribution in [0.2, 0.25) is 0 Å². The van der Waals surface area contributed by atoms with Crippen LogP contribution < -0.4 is 15.4 Å². The molecule has 0 aliphatic carbocycles. The number of carbonyl (C=O) groups excluding carboxylic acids is 3. The average Bonchev–Trinajstić information content (AvgIpc) is 2.89. The van der Waals surface area contributed by atoms with Crippen molar-refractivity contribution in [3.8, 4) is 5.75 Å². The van der Waals surface area contributed by atoms with Crippen LogP contribution in [0.3, 0.4) is 0 Å². The Bertz CT molecular complexity index is 938. The van der Waals surface area contributed by atoms with Crippen molar-refractivity contribution in [2.24, 2.45) is 5.92 Å². The van der Waals surface area contributed by atoms with Gasteiger partial charge in [0, 0.05) is 31.6 Å². The van der Waals surface area contributed by atoms with Crippen LogP contribution in [0.1, 0.15) is 48.5 Å². The summed E-state index contributed by atoms with van der Waals surface area (Å²) < 4.78 is 5.15. The first-order valence-electron chi connectivity index (χ1n) is 12.1. The van der Waals surface area contributed by atoms with Crippen LogP contribution in [0, 0.1) is 5.92 Å². The number of nitrogens with one attached hydrogen (secondary N) is 2. The van der Waals surface area contributed by atoms with E-state index in [0.717, 1.165) is 18.4 Å². The van der Waals surface area contributed by atoms with Crippen LogP contribution in [-0.4, -0.2) is 55.4 Å². The summed E-state index contributed by atoms with van der Waals surface area (Å²) >= 11 is 0. The number of amides is 3. The van der Waals surface area contributed by atoms with E-state index >= 15 is 0 Å². The van der Waals surface area contributed by atoms with Crippen molar-refractivity contribution in [3.05, 3.63) is 65.7 Å². The summed E-state index contributed by atoms with van der Waals surface area (Å²) in [6, 6.07) is 16.2. The maximum Gasteiger partial charge on any atom is 0.251 e. The largest absolute Gasteiger partial charge is 0.497 e. The van der Waals surface area contributed by atoms with E-state index in [4.69, 9.17) is 4.74 Å². The molecule has 0 aromatic heterocycles. The molecule has 7 heteroatoms. The first kappa shape index (κ1) is 25.3. The number of hydrogen-bond acceptors (Lipinski definition) is 4. The summed E-state index contributed by atoms with van der Waals surface area (Å²) in [6.07, 6.45) is 3.36. The molecule has 1 atom stereocenters. The maximum atomic E-state index is 12.9. The zero-order valence-electron chi connectivity index (χ0n) is 20.1. The van der Waals surface area contributed by atoms with E-state index in [-0.39, 0.29) is 23.6 Å². The topological polar surface area (TPSA) is 87.7 Å². The second kappa shape index (κ2) is 12.8. The minimum absolute atomic E-state index is 0.0303. The molecule has 1 unspecified atom stereocenters. The SMILES string of the molecule is CCCNC(=O)C(NC(=O)c1ccc(OC)cc1)C1CCN(C(=O)CCc2ccccc2)CC1. The van der Waals surface area contributed by atoms with E-state index in [1.54, 1.807) is 31.4 Å². The Morgan fingerprint density at radius 1 is 1.03 bits per heavy atom. The Kier molecular flexibility index (Phi) is 9.50. The predicted molar refractivity (Wildman–Crippen MR) is 132 cm³/mol. The van der Waals surface area contributed by atoms with Gasteiger partial charge in [-0.2, -0.15) is 0 Å². The van der Waals surface area contributed by atoms with Gasteiger partial charge in [0.1, 0.15) is 11.8 Å². The Balaban J connectivity index is 1.58. The highest BCUT2D eigenvalue weighted by molar-refractivity contribution is 5.97. The minimum atomic E-state index is -0.636. The van der Waals surface area contributed by atoms with Gasteiger partial charge in [0.2, 0.25) is 11.8 Å². The Morgan fingerprint density at radius 3 is 2.32 bits per heavy atom. The highest BCUT2D eigenvalue weighted by Gasteiger charge is 2.33. The third-order valence-corrected chi connectivity index (χ3v) is 6.30. The van der Waals surface area contributed by atoms with Crippen molar-refractivity contribution in [1.29, 1.82) is 0 Å². The van der Waals surface area contributed by atoms with Gasteiger partial charge in [-0.05, 0) is 61.4 Å². The summed E-state index contributed by atoms with van der Waals surface area (Å²) in [5.41, 5.74) is 1.63. The van der Waals surface area contributed by atoms with Crippen LogP contribution >= 0.6 is 0 Å². The van der Waals surface area contributed by atoms with E-state index in [9.17, 15) is 14.4 Å². The smallest absolute Gasteiger partial charge is 0.251 e. The quantitative estimate of drug-likeness (QED) is 0.564. The van der Waals surface area contributed by atoms with Crippen molar-refractivity contribution in [3.63, 3.8) is 0 Å². The fraction of sp³-hybridized carbons (Fsp3) is 0.444. The molecule has 3 amide bonds. The number of piperidine rings is 1. The normalized spacial score (nSPS) is 14.8. The minimum Gasteiger partial charge on any atom is -0.497 e. The molecule has 0 saturated carbocycles. The standard InChI is InChI=1S/C27H35N3O4/c1-3-17-28-27(33)25(29-26(32)22-10-12-23(34-2)13-11-22)21-15-18-30(19-16-21)24(31)14-9-20-7-5-4-6-8-20/h4-8,10-13,21,25H,3,9,14-19H2,1-2H3,(H,28,33)(H,29,32). The van der Waals surface area contributed by atoms with E-state index in [1.165, 1.54) is 0 Å². The van der Waals surface area contributed by atoms with Crippen LogP contribution in [0.4, 0.5) is 0 Å².